The van der Waals surface area contributed by atoms with Gasteiger partial charge in [-0.05, 0) is 55.0 Å². The Morgan fingerprint density at radius 3 is 2.44 bits per heavy atom. The molecule has 0 saturated heterocycles. The number of aromatic nitrogens is 2. The average Bonchev–Trinajstić information content (AvgIpc) is 2.85. The summed E-state index contributed by atoms with van der Waals surface area (Å²) >= 11 is 0. The van der Waals surface area contributed by atoms with E-state index in [0.29, 0.717) is 11.4 Å². The average molecular weight is 425 g/mol. The Balaban J connectivity index is 1.43. The number of ether oxygens (including phenoxy) is 1. The third-order valence-electron chi connectivity index (χ3n) is 5.07. The van der Waals surface area contributed by atoms with Gasteiger partial charge in [0.2, 0.25) is 0 Å². The van der Waals surface area contributed by atoms with E-state index in [1.807, 2.05) is 85.8 Å². The molecule has 0 aliphatic rings. The second kappa shape index (κ2) is 9.75. The van der Waals surface area contributed by atoms with Gasteiger partial charge in [0.05, 0.1) is 18.8 Å². The summed E-state index contributed by atoms with van der Waals surface area (Å²) in [5, 5.41) is 14.8. The van der Waals surface area contributed by atoms with E-state index in [4.69, 9.17) is 4.74 Å². The van der Waals surface area contributed by atoms with Crippen molar-refractivity contribution in [3.63, 3.8) is 0 Å². The summed E-state index contributed by atoms with van der Waals surface area (Å²) in [6.45, 7) is 1.94. The molecule has 0 saturated carbocycles. The quantitative estimate of drug-likeness (QED) is 0.416. The molecule has 0 spiro atoms. The van der Waals surface area contributed by atoms with Gasteiger partial charge in [0.25, 0.3) is 5.91 Å². The van der Waals surface area contributed by atoms with Crippen LogP contribution in [0.25, 0.3) is 11.3 Å². The van der Waals surface area contributed by atoms with Crippen molar-refractivity contribution < 1.29 is 9.53 Å². The first kappa shape index (κ1) is 21.1. The number of carbonyl (C=O) groups excluding carboxylic acids is 1. The topological polar surface area (TPSA) is 76.1 Å². The highest BCUT2D eigenvalue weighted by Gasteiger charge is 2.13. The minimum absolute atomic E-state index is 0.158. The van der Waals surface area contributed by atoms with Gasteiger partial charge in [0, 0.05) is 16.8 Å². The van der Waals surface area contributed by atoms with E-state index >= 15 is 0 Å². The number of anilines is 2. The number of rotatable bonds is 7. The van der Waals surface area contributed by atoms with Gasteiger partial charge in [-0.15, -0.1) is 10.2 Å². The molecule has 4 rings (SSSR count). The second-order valence-electron chi connectivity index (χ2n) is 7.35. The van der Waals surface area contributed by atoms with Crippen molar-refractivity contribution in [2.75, 3.05) is 12.4 Å². The summed E-state index contributed by atoms with van der Waals surface area (Å²) in [5.74, 6) is 1.20. The molecular weight excluding hydrogens is 400 g/mol. The van der Waals surface area contributed by atoms with Crippen LogP contribution in [0.5, 0.6) is 5.75 Å². The molecular formula is C26H24N4O2. The zero-order chi connectivity index (χ0) is 22.3. The van der Waals surface area contributed by atoms with Crippen molar-refractivity contribution in [3.05, 3.63) is 102 Å². The molecule has 1 unspecified atom stereocenters. The SMILES string of the molecule is COc1cccc(C(C)NC(=O)c2cccc(Nc3ccc(-c4ccccc4)nn3)c2)c1. The lowest BCUT2D eigenvalue weighted by Gasteiger charge is -2.16. The minimum Gasteiger partial charge on any atom is -0.497 e. The maximum Gasteiger partial charge on any atom is 0.251 e. The van der Waals surface area contributed by atoms with Crippen molar-refractivity contribution in [2.45, 2.75) is 13.0 Å². The smallest absolute Gasteiger partial charge is 0.251 e. The molecule has 0 radical (unpaired) electrons. The fourth-order valence-electron chi connectivity index (χ4n) is 3.32. The van der Waals surface area contributed by atoms with Crippen LogP contribution in [0.3, 0.4) is 0 Å². The number of nitrogens with one attached hydrogen (secondary N) is 2. The van der Waals surface area contributed by atoms with Gasteiger partial charge in [0.1, 0.15) is 5.75 Å². The molecule has 1 atom stereocenters. The molecule has 2 N–H and O–H groups in total. The van der Waals surface area contributed by atoms with Gasteiger partial charge in [-0.25, -0.2) is 0 Å². The molecule has 4 aromatic rings. The number of hydrogen-bond acceptors (Lipinski definition) is 5. The first-order valence-corrected chi connectivity index (χ1v) is 10.3. The predicted molar refractivity (Wildman–Crippen MR) is 126 cm³/mol. The van der Waals surface area contributed by atoms with Gasteiger partial charge < -0.3 is 15.4 Å². The fraction of sp³-hybridized carbons (Fsp3) is 0.115. The number of hydrogen-bond donors (Lipinski definition) is 2. The van der Waals surface area contributed by atoms with Crippen LogP contribution in [0.15, 0.2) is 91.0 Å². The van der Waals surface area contributed by atoms with Crippen LogP contribution in [0.2, 0.25) is 0 Å². The molecule has 0 bridgehead atoms. The first-order valence-electron chi connectivity index (χ1n) is 10.3. The number of benzene rings is 3. The highest BCUT2D eigenvalue weighted by atomic mass is 16.5. The van der Waals surface area contributed by atoms with Crippen LogP contribution in [0.4, 0.5) is 11.5 Å². The molecule has 0 fully saturated rings. The van der Waals surface area contributed by atoms with Crippen LogP contribution in [0, 0.1) is 0 Å². The highest BCUT2D eigenvalue weighted by molar-refractivity contribution is 5.95. The van der Waals surface area contributed by atoms with Gasteiger partial charge in [-0.3, -0.25) is 4.79 Å². The largest absolute Gasteiger partial charge is 0.497 e. The normalized spacial score (nSPS) is 11.4. The molecule has 160 valence electrons. The Kier molecular flexibility index (Phi) is 6.41. The Morgan fingerprint density at radius 1 is 0.875 bits per heavy atom. The molecule has 32 heavy (non-hydrogen) atoms. The Morgan fingerprint density at radius 2 is 1.69 bits per heavy atom. The third kappa shape index (κ3) is 5.10. The maximum absolute atomic E-state index is 12.8. The predicted octanol–water partition coefficient (Wildman–Crippen LogP) is 5.39. The first-order chi connectivity index (χ1) is 15.6. The van der Waals surface area contributed by atoms with E-state index in [0.717, 1.165) is 28.3 Å². The Hall–Kier alpha value is -4.19. The second-order valence-corrected chi connectivity index (χ2v) is 7.35. The lowest BCUT2D eigenvalue weighted by molar-refractivity contribution is 0.0940. The van der Waals surface area contributed by atoms with Crippen molar-refractivity contribution in [1.29, 1.82) is 0 Å². The van der Waals surface area contributed by atoms with Crippen LogP contribution < -0.4 is 15.4 Å². The van der Waals surface area contributed by atoms with Crippen LogP contribution in [0.1, 0.15) is 28.9 Å². The minimum atomic E-state index is -0.161. The molecule has 6 nitrogen and oxygen atoms in total. The number of amides is 1. The summed E-state index contributed by atoms with van der Waals surface area (Å²) in [5.41, 5.74) is 4.10. The molecule has 1 aromatic heterocycles. The third-order valence-corrected chi connectivity index (χ3v) is 5.07. The maximum atomic E-state index is 12.8. The Bertz CT molecular complexity index is 1190. The van der Waals surface area contributed by atoms with Gasteiger partial charge in [-0.1, -0.05) is 48.5 Å². The van der Waals surface area contributed by atoms with E-state index in [2.05, 4.69) is 20.8 Å². The van der Waals surface area contributed by atoms with Crippen LogP contribution in [-0.4, -0.2) is 23.2 Å². The van der Waals surface area contributed by atoms with Gasteiger partial charge in [-0.2, -0.15) is 0 Å². The van der Waals surface area contributed by atoms with Crippen molar-refractivity contribution in [3.8, 4) is 17.0 Å². The van der Waals surface area contributed by atoms with Crippen molar-refractivity contribution in [1.82, 2.24) is 15.5 Å². The molecule has 0 aliphatic carbocycles. The summed E-state index contributed by atoms with van der Waals surface area (Å²) in [7, 11) is 1.63. The summed E-state index contributed by atoms with van der Waals surface area (Å²) in [4.78, 5) is 12.8. The molecule has 6 heteroatoms. The van der Waals surface area contributed by atoms with E-state index in [-0.39, 0.29) is 11.9 Å². The lowest BCUT2D eigenvalue weighted by atomic mass is 10.1. The zero-order valence-electron chi connectivity index (χ0n) is 17.9. The van der Waals surface area contributed by atoms with Crippen LogP contribution >= 0.6 is 0 Å². The zero-order valence-corrected chi connectivity index (χ0v) is 17.9. The van der Waals surface area contributed by atoms with E-state index in [1.54, 1.807) is 19.2 Å². The number of carbonyl (C=O) groups is 1. The van der Waals surface area contributed by atoms with Crippen LogP contribution in [-0.2, 0) is 0 Å². The summed E-state index contributed by atoms with van der Waals surface area (Å²) in [6, 6.07) is 28.5. The molecule has 1 heterocycles. The van der Waals surface area contributed by atoms with Gasteiger partial charge >= 0.3 is 0 Å². The van der Waals surface area contributed by atoms with Crippen molar-refractivity contribution in [2.24, 2.45) is 0 Å². The number of methoxy groups -OCH3 is 1. The lowest BCUT2D eigenvalue weighted by Crippen LogP contribution is -2.26. The molecule has 1 amide bonds. The van der Waals surface area contributed by atoms with Crippen molar-refractivity contribution >= 4 is 17.4 Å². The van der Waals surface area contributed by atoms with E-state index in [9.17, 15) is 4.79 Å². The van der Waals surface area contributed by atoms with E-state index in [1.165, 1.54) is 0 Å². The fourth-order valence-corrected chi connectivity index (χ4v) is 3.32. The molecule has 0 aliphatic heterocycles. The molecule has 3 aromatic carbocycles. The monoisotopic (exact) mass is 424 g/mol. The summed E-state index contributed by atoms with van der Waals surface area (Å²) in [6.07, 6.45) is 0. The summed E-state index contributed by atoms with van der Waals surface area (Å²) < 4.78 is 5.27. The Labute approximate surface area is 187 Å². The highest BCUT2D eigenvalue weighted by Crippen LogP contribution is 2.21. The standard InChI is InChI=1S/C26H24N4O2/c1-18(20-10-7-13-23(17-20)32-2)27-26(31)21-11-6-12-22(16-21)28-25-15-14-24(29-30-25)19-8-4-3-5-9-19/h3-18H,1-2H3,(H,27,31)(H,28,30). The van der Waals surface area contributed by atoms with E-state index < -0.39 is 0 Å². The van der Waals surface area contributed by atoms with Gasteiger partial charge in [0.15, 0.2) is 5.82 Å². The number of nitrogens with zero attached hydrogens (tertiary/aromatic N) is 2.